The SMILES string of the molecule is CCCCCCCCCCCCCCCCCC(=O)OC[C@@H](OC(=O)CCCCCCCCCCCCCCCCC)[C@@H](OC(=O)CCCCCCCCCCCCCCCCC)C(CC(C)(C)C)OC(=O)CCCCCCCCCCCCCCCCC. The van der Waals surface area contributed by atoms with E-state index in [1.807, 2.05) is 0 Å². The van der Waals surface area contributed by atoms with E-state index in [4.69, 9.17) is 18.9 Å². The Balaban J connectivity index is 5.88. The molecule has 0 aromatic heterocycles. The van der Waals surface area contributed by atoms with Gasteiger partial charge in [-0.3, -0.25) is 19.2 Å². The van der Waals surface area contributed by atoms with Gasteiger partial charge in [0.05, 0.1) is 0 Å². The molecule has 0 aromatic carbocycles. The average Bonchev–Trinajstić information content (AvgIpc) is 3.70. The van der Waals surface area contributed by atoms with Gasteiger partial charge in [0.1, 0.15) is 12.7 Å². The molecule has 0 heterocycles. The summed E-state index contributed by atoms with van der Waals surface area (Å²) in [5.74, 6) is -1.46. The van der Waals surface area contributed by atoms with Crippen LogP contribution in [0, 0.1) is 5.41 Å². The molecule has 0 aliphatic rings. The van der Waals surface area contributed by atoms with Crippen LogP contribution in [0.2, 0.25) is 0 Å². The van der Waals surface area contributed by atoms with Gasteiger partial charge in [-0.1, -0.05) is 408 Å². The molecule has 0 aromatic rings. The summed E-state index contributed by atoms with van der Waals surface area (Å²) in [7, 11) is 0. The molecule has 0 fully saturated rings. The number of hydrogen-bond donors (Lipinski definition) is 0. The standard InChI is InChI=1S/C81H156O8/c1-8-12-16-20-24-28-32-36-40-44-48-52-56-60-64-68-76(82)86-73-75(88-78(84)70-66-62-58-54-50-46-42-38-34-30-26-22-18-14-10-3)80(89-79(85)71-67-63-59-55-51-47-43-39-35-31-27-23-19-15-11-4)74(72-81(5,6)7)87-77(83)69-65-61-57-53-49-45-41-37-33-29-25-21-17-13-9-2/h74-75,80H,8-73H2,1-7H3/t74?,75-,80+/m1/s1. The highest BCUT2D eigenvalue weighted by Gasteiger charge is 2.41. The molecular formula is C81H156O8. The molecule has 0 rings (SSSR count). The Labute approximate surface area is 555 Å². The minimum Gasteiger partial charge on any atom is -0.462 e. The normalized spacial score (nSPS) is 12.8. The monoisotopic (exact) mass is 1260 g/mol. The number of carbonyl (C=O) groups excluding carboxylic acids is 4. The van der Waals surface area contributed by atoms with Crippen LogP contribution in [0.3, 0.4) is 0 Å². The van der Waals surface area contributed by atoms with Gasteiger partial charge in [-0.2, -0.15) is 0 Å². The van der Waals surface area contributed by atoms with Crippen LogP contribution in [-0.2, 0) is 38.1 Å². The quantitative estimate of drug-likeness (QED) is 0.0337. The first kappa shape index (κ1) is 86.9. The maximum absolute atomic E-state index is 14.1. The second kappa shape index (κ2) is 68.7. The molecule has 0 bridgehead atoms. The summed E-state index contributed by atoms with van der Waals surface area (Å²) in [5.41, 5.74) is -0.328. The maximum atomic E-state index is 14.1. The fraction of sp³-hybridized carbons (Fsp3) is 0.951. The average molecular weight is 1260 g/mol. The molecule has 8 nitrogen and oxygen atoms in total. The van der Waals surface area contributed by atoms with Crippen molar-refractivity contribution in [1.29, 1.82) is 0 Å². The predicted molar refractivity (Wildman–Crippen MR) is 383 cm³/mol. The van der Waals surface area contributed by atoms with Crippen LogP contribution in [0.15, 0.2) is 0 Å². The summed E-state index contributed by atoms with van der Waals surface area (Å²) in [6, 6.07) is 0. The van der Waals surface area contributed by atoms with E-state index in [2.05, 4.69) is 48.5 Å². The van der Waals surface area contributed by atoms with Crippen molar-refractivity contribution < 1.29 is 38.1 Å². The van der Waals surface area contributed by atoms with Crippen molar-refractivity contribution in [3.05, 3.63) is 0 Å². The van der Waals surface area contributed by atoms with Crippen LogP contribution in [-0.4, -0.2) is 48.8 Å². The number of esters is 4. The molecule has 0 N–H and O–H groups in total. The lowest BCUT2D eigenvalue weighted by molar-refractivity contribution is -0.194. The van der Waals surface area contributed by atoms with Gasteiger partial charge in [-0.25, -0.2) is 0 Å². The van der Waals surface area contributed by atoms with Crippen molar-refractivity contribution >= 4 is 23.9 Å². The number of hydrogen-bond acceptors (Lipinski definition) is 8. The summed E-state index contributed by atoms with van der Waals surface area (Å²) >= 11 is 0. The van der Waals surface area contributed by atoms with E-state index in [1.54, 1.807) is 0 Å². The zero-order valence-corrected chi connectivity index (χ0v) is 61.2. The zero-order chi connectivity index (χ0) is 65.0. The fourth-order valence-corrected chi connectivity index (χ4v) is 12.9. The second-order valence-electron chi connectivity index (χ2n) is 29.3. The third-order valence-electron chi connectivity index (χ3n) is 18.7. The lowest BCUT2D eigenvalue weighted by atomic mass is 9.86. The van der Waals surface area contributed by atoms with Crippen molar-refractivity contribution in [2.24, 2.45) is 5.41 Å². The van der Waals surface area contributed by atoms with Gasteiger partial charge in [0.15, 0.2) is 12.2 Å². The molecule has 528 valence electrons. The molecule has 0 saturated heterocycles. The van der Waals surface area contributed by atoms with Gasteiger partial charge in [-0.15, -0.1) is 0 Å². The smallest absolute Gasteiger partial charge is 0.306 e. The van der Waals surface area contributed by atoms with Crippen LogP contribution >= 0.6 is 0 Å². The molecular weight excluding hydrogens is 1100 g/mol. The Kier molecular flexibility index (Phi) is 67.1. The molecule has 3 atom stereocenters. The van der Waals surface area contributed by atoms with E-state index < -0.39 is 30.3 Å². The van der Waals surface area contributed by atoms with E-state index in [1.165, 1.54) is 308 Å². The Morgan fingerprint density at radius 2 is 0.416 bits per heavy atom. The maximum Gasteiger partial charge on any atom is 0.306 e. The Morgan fingerprint density at radius 1 is 0.236 bits per heavy atom. The third kappa shape index (κ3) is 65.7. The summed E-state index contributed by atoms with van der Waals surface area (Å²) in [6.45, 7) is 15.1. The summed E-state index contributed by atoms with van der Waals surface area (Å²) in [4.78, 5) is 55.5. The van der Waals surface area contributed by atoms with Crippen molar-refractivity contribution in [1.82, 2.24) is 0 Å². The lowest BCUT2D eigenvalue weighted by Gasteiger charge is -2.35. The van der Waals surface area contributed by atoms with E-state index >= 15 is 0 Å². The van der Waals surface area contributed by atoms with Gasteiger partial charge >= 0.3 is 23.9 Å². The number of rotatable bonds is 72. The highest BCUT2D eigenvalue weighted by atomic mass is 16.6. The zero-order valence-electron chi connectivity index (χ0n) is 61.2. The Hall–Kier alpha value is -2.12. The van der Waals surface area contributed by atoms with Gasteiger partial charge < -0.3 is 18.9 Å². The molecule has 0 radical (unpaired) electrons. The Bertz CT molecular complexity index is 1490. The van der Waals surface area contributed by atoms with Crippen molar-refractivity contribution in [3.63, 3.8) is 0 Å². The van der Waals surface area contributed by atoms with E-state index in [0.717, 1.165) is 64.2 Å². The third-order valence-corrected chi connectivity index (χ3v) is 18.7. The van der Waals surface area contributed by atoms with Crippen LogP contribution in [0.5, 0.6) is 0 Å². The number of unbranched alkanes of at least 4 members (excludes halogenated alkanes) is 56. The molecule has 0 spiro atoms. The summed E-state index contributed by atoms with van der Waals surface area (Å²) in [6.07, 6.45) is 72.9. The topological polar surface area (TPSA) is 105 Å². The van der Waals surface area contributed by atoms with Crippen LogP contribution in [0.4, 0.5) is 0 Å². The van der Waals surface area contributed by atoms with Gasteiger partial charge in [0.2, 0.25) is 0 Å². The van der Waals surface area contributed by atoms with Gasteiger partial charge in [0, 0.05) is 25.7 Å². The minimum atomic E-state index is -1.12. The highest BCUT2D eigenvalue weighted by Crippen LogP contribution is 2.30. The van der Waals surface area contributed by atoms with Crippen molar-refractivity contribution in [2.45, 2.75) is 484 Å². The fourth-order valence-electron chi connectivity index (χ4n) is 12.9. The van der Waals surface area contributed by atoms with E-state index in [-0.39, 0.29) is 49.6 Å². The molecule has 0 aliphatic heterocycles. The molecule has 0 amide bonds. The van der Waals surface area contributed by atoms with Gasteiger partial charge in [0.25, 0.3) is 0 Å². The van der Waals surface area contributed by atoms with Crippen LogP contribution < -0.4 is 0 Å². The highest BCUT2D eigenvalue weighted by molar-refractivity contribution is 5.72. The number of carbonyl (C=O) groups is 4. The minimum absolute atomic E-state index is 0.225. The largest absolute Gasteiger partial charge is 0.462 e. The van der Waals surface area contributed by atoms with Crippen molar-refractivity contribution in [2.75, 3.05) is 6.61 Å². The Morgan fingerprint density at radius 3 is 0.629 bits per heavy atom. The lowest BCUT2D eigenvalue weighted by Crippen LogP contribution is -2.49. The first-order chi connectivity index (χ1) is 43.5. The van der Waals surface area contributed by atoms with Crippen molar-refractivity contribution in [3.8, 4) is 0 Å². The van der Waals surface area contributed by atoms with Crippen LogP contribution in [0.1, 0.15) is 466 Å². The van der Waals surface area contributed by atoms with Crippen LogP contribution in [0.25, 0.3) is 0 Å². The molecule has 8 heteroatoms. The predicted octanol–water partition coefficient (Wildman–Crippen LogP) is 26.7. The molecule has 89 heavy (non-hydrogen) atoms. The molecule has 0 aliphatic carbocycles. The summed E-state index contributed by atoms with van der Waals surface area (Å²) in [5, 5.41) is 0. The number of ether oxygens (including phenoxy) is 4. The van der Waals surface area contributed by atoms with Gasteiger partial charge in [-0.05, 0) is 37.5 Å². The summed E-state index contributed by atoms with van der Waals surface area (Å²) < 4.78 is 25.2. The van der Waals surface area contributed by atoms with E-state index in [9.17, 15) is 19.2 Å². The first-order valence-corrected chi connectivity index (χ1v) is 40.2. The molecule has 0 saturated carbocycles. The first-order valence-electron chi connectivity index (χ1n) is 40.2. The molecule has 1 unspecified atom stereocenters. The second-order valence-corrected chi connectivity index (χ2v) is 29.3. The van der Waals surface area contributed by atoms with E-state index in [0.29, 0.717) is 19.3 Å².